The molecule has 0 amide bonds. The van der Waals surface area contributed by atoms with Gasteiger partial charge in [0.1, 0.15) is 0 Å². The van der Waals surface area contributed by atoms with Crippen LogP contribution in [-0.2, 0) is 6.54 Å². The molecule has 0 aliphatic carbocycles. The smallest absolute Gasteiger partial charge is 0.0438 e. The molecule has 2 aromatic carbocycles. The molecule has 2 aromatic rings. The second-order valence-corrected chi connectivity index (χ2v) is 5.05. The topological polar surface area (TPSA) is 15.3 Å². The number of hydrogen-bond donors (Lipinski definition) is 1. The van der Waals surface area contributed by atoms with Crippen LogP contribution in [0.1, 0.15) is 16.7 Å². The molecule has 2 nitrogen and oxygen atoms in total. The van der Waals surface area contributed by atoms with Gasteiger partial charge in [-0.25, -0.2) is 0 Å². The summed E-state index contributed by atoms with van der Waals surface area (Å²) in [5, 5.41) is 3.19. The Morgan fingerprint density at radius 2 is 1.84 bits per heavy atom. The van der Waals surface area contributed by atoms with Crippen LogP contribution in [0.15, 0.2) is 42.5 Å². The Balaban J connectivity index is 2.31. The summed E-state index contributed by atoms with van der Waals surface area (Å²) in [7, 11) is 4.09. The van der Waals surface area contributed by atoms with Crippen molar-refractivity contribution >= 4 is 11.4 Å². The predicted octanol–water partition coefficient (Wildman–Crippen LogP) is 3.79. The van der Waals surface area contributed by atoms with Crippen molar-refractivity contribution in [3.63, 3.8) is 0 Å². The third-order valence-corrected chi connectivity index (χ3v) is 3.39. The van der Waals surface area contributed by atoms with Gasteiger partial charge in [0.25, 0.3) is 0 Å². The van der Waals surface area contributed by atoms with Gasteiger partial charge in [-0.1, -0.05) is 24.3 Å². The molecular formula is C17H22N2. The van der Waals surface area contributed by atoms with Crippen LogP contribution in [0.5, 0.6) is 0 Å². The summed E-state index contributed by atoms with van der Waals surface area (Å²) in [5.74, 6) is 0. The zero-order chi connectivity index (χ0) is 13.8. The Kier molecular flexibility index (Phi) is 4.23. The first-order valence-electron chi connectivity index (χ1n) is 6.66. The van der Waals surface area contributed by atoms with Crippen molar-refractivity contribution in [1.82, 2.24) is 5.32 Å². The molecule has 0 aliphatic rings. The Hall–Kier alpha value is -1.80. The number of nitrogens with one attached hydrogen (secondary N) is 1. The standard InChI is InChI=1S/C17H22N2/c1-13-6-5-7-16(10-13)19(4)17-9-8-15(12-18-3)11-14(17)2/h5-11,18H,12H2,1-4H3. The molecule has 19 heavy (non-hydrogen) atoms. The number of anilines is 2. The first-order chi connectivity index (χ1) is 9.11. The van der Waals surface area contributed by atoms with Gasteiger partial charge in [-0.05, 0) is 55.8 Å². The maximum absolute atomic E-state index is 3.19. The van der Waals surface area contributed by atoms with Crippen molar-refractivity contribution in [2.45, 2.75) is 20.4 Å². The fourth-order valence-corrected chi connectivity index (χ4v) is 2.38. The lowest BCUT2D eigenvalue weighted by Gasteiger charge is -2.22. The molecule has 2 heteroatoms. The highest BCUT2D eigenvalue weighted by molar-refractivity contribution is 5.66. The van der Waals surface area contributed by atoms with Crippen LogP contribution in [0.2, 0.25) is 0 Å². The second-order valence-electron chi connectivity index (χ2n) is 5.05. The summed E-state index contributed by atoms with van der Waals surface area (Å²) in [6.45, 7) is 5.20. The monoisotopic (exact) mass is 254 g/mol. The Morgan fingerprint density at radius 1 is 1.05 bits per heavy atom. The van der Waals surface area contributed by atoms with E-state index in [0.29, 0.717) is 0 Å². The number of hydrogen-bond acceptors (Lipinski definition) is 2. The van der Waals surface area contributed by atoms with E-state index in [1.807, 2.05) is 7.05 Å². The molecule has 0 aliphatic heterocycles. The molecule has 2 rings (SSSR count). The highest BCUT2D eigenvalue weighted by atomic mass is 15.1. The van der Waals surface area contributed by atoms with Gasteiger partial charge in [-0.3, -0.25) is 0 Å². The van der Waals surface area contributed by atoms with Crippen LogP contribution >= 0.6 is 0 Å². The summed E-state index contributed by atoms with van der Waals surface area (Å²) in [6, 6.07) is 15.2. The van der Waals surface area contributed by atoms with E-state index in [1.54, 1.807) is 0 Å². The number of nitrogens with zero attached hydrogens (tertiary/aromatic N) is 1. The molecule has 0 spiro atoms. The lowest BCUT2D eigenvalue weighted by molar-refractivity contribution is 0.817. The summed E-state index contributed by atoms with van der Waals surface area (Å²) >= 11 is 0. The molecule has 0 fully saturated rings. The van der Waals surface area contributed by atoms with Gasteiger partial charge in [0.15, 0.2) is 0 Å². The Labute approximate surface area is 116 Å². The molecule has 0 heterocycles. The Bertz CT molecular complexity index is 561. The molecule has 0 atom stereocenters. The summed E-state index contributed by atoms with van der Waals surface area (Å²) in [4.78, 5) is 2.24. The van der Waals surface area contributed by atoms with Gasteiger partial charge >= 0.3 is 0 Å². The van der Waals surface area contributed by atoms with Crippen LogP contribution in [0, 0.1) is 13.8 Å². The van der Waals surface area contributed by atoms with Gasteiger partial charge in [0.2, 0.25) is 0 Å². The van der Waals surface area contributed by atoms with Crippen molar-refractivity contribution in [2.24, 2.45) is 0 Å². The minimum absolute atomic E-state index is 0.912. The normalized spacial score (nSPS) is 10.5. The van der Waals surface area contributed by atoms with E-state index in [9.17, 15) is 0 Å². The summed E-state index contributed by atoms with van der Waals surface area (Å²) in [5.41, 5.74) is 6.39. The quantitative estimate of drug-likeness (QED) is 0.893. The van der Waals surface area contributed by atoms with E-state index < -0.39 is 0 Å². The number of benzene rings is 2. The number of rotatable bonds is 4. The first kappa shape index (κ1) is 13.6. The zero-order valence-electron chi connectivity index (χ0n) is 12.2. The van der Waals surface area contributed by atoms with Crippen molar-refractivity contribution in [1.29, 1.82) is 0 Å². The second kappa shape index (κ2) is 5.89. The Morgan fingerprint density at radius 3 is 2.47 bits per heavy atom. The fraction of sp³-hybridized carbons (Fsp3) is 0.294. The van der Waals surface area contributed by atoms with E-state index in [2.05, 4.69) is 73.6 Å². The molecule has 0 radical (unpaired) electrons. The van der Waals surface area contributed by atoms with E-state index in [-0.39, 0.29) is 0 Å². The van der Waals surface area contributed by atoms with E-state index in [1.165, 1.54) is 28.1 Å². The SMILES string of the molecule is CNCc1ccc(N(C)c2cccc(C)c2)c(C)c1. The van der Waals surface area contributed by atoms with Crippen LogP contribution in [0.3, 0.4) is 0 Å². The van der Waals surface area contributed by atoms with Crippen LogP contribution in [0.4, 0.5) is 11.4 Å². The number of aryl methyl sites for hydroxylation is 2. The predicted molar refractivity (Wildman–Crippen MR) is 83.2 cm³/mol. The van der Waals surface area contributed by atoms with Crippen LogP contribution in [-0.4, -0.2) is 14.1 Å². The van der Waals surface area contributed by atoms with Crippen molar-refractivity contribution < 1.29 is 0 Å². The third kappa shape index (κ3) is 3.15. The van der Waals surface area contributed by atoms with Crippen molar-refractivity contribution in [2.75, 3.05) is 19.0 Å². The van der Waals surface area contributed by atoms with Gasteiger partial charge in [-0.15, -0.1) is 0 Å². The van der Waals surface area contributed by atoms with Gasteiger partial charge in [0.05, 0.1) is 0 Å². The molecule has 0 bridgehead atoms. The largest absolute Gasteiger partial charge is 0.344 e. The minimum Gasteiger partial charge on any atom is -0.344 e. The summed E-state index contributed by atoms with van der Waals surface area (Å²) < 4.78 is 0. The fourth-order valence-electron chi connectivity index (χ4n) is 2.38. The molecule has 0 saturated heterocycles. The van der Waals surface area contributed by atoms with Gasteiger partial charge in [-0.2, -0.15) is 0 Å². The zero-order valence-corrected chi connectivity index (χ0v) is 12.2. The van der Waals surface area contributed by atoms with E-state index in [4.69, 9.17) is 0 Å². The van der Waals surface area contributed by atoms with Gasteiger partial charge in [0, 0.05) is 25.0 Å². The average molecular weight is 254 g/mol. The maximum Gasteiger partial charge on any atom is 0.0438 e. The van der Waals surface area contributed by atoms with Crippen LogP contribution < -0.4 is 10.2 Å². The molecule has 100 valence electrons. The van der Waals surface area contributed by atoms with Crippen LogP contribution in [0.25, 0.3) is 0 Å². The molecule has 0 aromatic heterocycles. The highest BCUT2D eigenvalue weighted by Gasteiger charge is 2.07. The van der Waals surface area contributed by atoms with E-state index in [0.717, 1.165) is 6.54 Å². The minimum atomic E-state index is 0.912. The van der Waals surface area contributed by atoms with E-state index >= 15 is 0 Å². The summed E-state index contributed by atoms with van der Waals surface area (Å²) in [6.07, 6.45) is 0. The van der Waals surface area contributed by atoms with Gasteiger partial charge < -0.3 is 10.2 Å². The molecular weight excluding hydrogens is 232 g/mol. The average Bonchev–Trinajstić information content (AvgIpc) is 2.38. The lowest BCUT2D eigenvalue weighted by atomic mass is 10.1. The highest BCUT2D eigenvalue weighted by Crippen LogP contribution is 2.27. The van der Waals surface area contributed by atoms with Crippen molar-refractivity contribution in [3.8, 4) is 0 Å². The molecule has 1 N–H and O–H groups in total. The molecule has 0 unspecified atom stereocenters. The third-order valence-electron chi connectivity index (χ3n) is 3.39. The first-order valence-corrected chi connectivity index (χ1v) is 6.66. The lowest BCUT2D eigenvalue weighted by Crippen LogP contribution is -2.12. The maximum atomic E-state index is 3.19. The molecule has 0 saturated carbocycles. The van der Waals surface area contributed by atoms with Crippen molar-refractivity contribution in [3.05, 3.63) is 59.2 Å².